The molecule has 18 heteroatoms. The number of hydrogen-bond donors (Lipinski definition) is 11. The van der Waals surface area contributed by atoms with Crippen LogP contribution < -0.4 is 43.4 Å². The van der Waals surface area contributed by atoms with Crippen LogP contribution in [-0.4, -0.2) is 113 Å². The summed E-state index contributed by atoms with van der Waals surface area (Å²) in [6, 6.07) is 0.0862. The molecule has 18 nitrogen and oxygen atoms in total. The zero-order valence-corrected chi connectivity index (χ0v) is 28.0. The molecular weight excluding hydrogens is 644 g/mol. The summed E-state index contributed by atoms with van der Waals surface area (Å²) in [7, 11) is 0. The number of unbranched alkanes of at least 4 members (excludes halogenated alkanes) is 1. The molecule has 1 rings (SSSR count). The van der Waals surface area contributed by atoms with Crippen LogP contribution in [0, 0.1) is 5.92 Å². The van der Waals surface area contributed by atoms with Crippen molar-refractivity contribution < 1.29 is 48.9 Å². The van der Waals surface area contributed by atoms with Crippen molar-refractivity contribution >= 4 is 41.4 Å². The highest BCUT2D eigenvalue weighted by molar-refractivity contribution is 5.95. The standard InChI is InChI=1S/C31H50N8O10/c1-17(2)12-23(29(46)36-18(3)27(44)38-22(31(48)49)6-4-5-11-32)39-30(47)24(16-40)37-26(43)15-34-25(42)14-35-28(45)21(33)13-19-7-9-20(41)10-8-19/h7-10,17-18,21-24,40-41H,4-6,11-16,32-33H2,1-3H3,(H,34,42)(H,35,45)(H,36,46)(H,37,43)(H,38,44)(H,39,47)(H,48,49)/t18-,21-,22-,23-,24-/m0/s1. The second-order valence-electron chi connectivity index (χ2n) is 11.9. The summed E-state index contributed by atoms with van der Waals surface area (Å²) in [6.45, 7) is 3.33. The van der Waals surface area contributed by atoms with Crippen LogP contribution in [0.5, 0.6) is 5.75 Å². The number of nitrogens with two attached hydrogens (primary N) is 2. The van der Waals surface area contributed by atoms with E-state index in [0.717, 1.165) is 0 Å². The lowest BCUT2D eigenvalue weighted by atomic mass is 10.0. The molecule has 274 valence electrons. The number of carboxylic acid groups (broad SMARTS) is 1. The Morgan fingerprint density at radius 3 is 1.90 bits per heavy atom. The molecule has 0 aliphatic heterocycles. The lowest BCUT2D eigenvalue weighted by molar-refractivity contribution is -0.142. The van der Waals surface area contributed by atoms with Crippen LogP contribution in [0.15, 0.2) is 24.3 Å². The molecule has 5 atom stereocenters. The molecule has 0 aromatic heterocycles. The molecule has 0 bridgehead atoms. The summed E-state index contributed by atoms with van der Waals surface area (Å²) in [5.41, 5.74) is 12.0. The van der Waals surface area contributed by atoms with Gasteiger partial charge in [0.05, 0.1) is 25.7 Å². The fraction of sp³-hybridized carbons (Fsp3) is 0.581. The van der Waals surface area contributed by atoms with Crippen molar-refractivity contribution in [3.8, 4) is 5.75 Å². The van der Waals surface area contributed by atoms with Gasteiger partial charge in [0.25, 0.3) is 0 Å². The highest BCUT2D eigenvalue weighted by Gasteiger charge is 2.30. The maximum absolute atomic E-state index is 13.0. The van der Waals surface area contributed by atoms with E-state index in [2.05, 4.69) is 31.9 Å². The van der Waals surface area contributed by atoms with Crippen molar-refractivity contribution in [1.29, 1.82) is 0 Å². The molecule has 1 aromatic carbocycles. The minimum Gasteiger partial charge on any atom is -0.508 e. The summed E-state index contributed by atoms with van der Waals surface area (Å²) >= 11 is 0. The van der Waals surface area contributed by atoms with E-state index in [9.17, 15) is 48.9 Å². The third kappa shape index (κ3) is 16.7. The van der Waals surface area contributed by atoms with Crippen LogP contribution in [0.2, 0.25) is 0 Å². The van der Waals surface area contributed by atoms with Crippen LogP contribution in [0.4, 0.5) is 0 Å². The number of rotatable bonds is 22. The van der Waals surface area contributed by atoms with Crippen molar-refractivity contribution in [1.82, 2.24) is 31.9 Å². The zero-order valence-electron chi connectivity index (χ0n) is 28.0. The molecule has 0 aliphatic rings. The van der Waals surface area contributed by atoms with Gasteiger partial charge in [0.1, 0.15) is 29.9 Å². The molecule has 0 saturated heterocycles. The smallest absolute Gasteiger partial charge is 0.326 e. The Morgan fingerprint density at radius 1 is 0.735 bits per heavy atom. The predicted molar refractivity (Wildman–Crippen MR) is 176 cm³/mol. The Balaban J connectivity index is 2.64. The first-order valence-corrected chi connectivity index (χ1v) is 15.9. The number of carbonyl (C=O) groups is 7. The molecule has 0 saturated carbocycles. The van der Waals surface area contributed by atoms with Crippen molar-refractivity contribution in [2.75, 3.05) is 26.2 Å². The first-order chi connectivity index (χ1) is 23.1. The fourth-order valence-electron chi connectivity index (χ4n) is 4.36. The van der Waals surface area contributed by atoms with E-state index in [-0.39, 0.29) is 30.9 Å². The van der Waals surface area contributed by atoms with E-state index in [1.54, 1.807) is 26.0 Å². The molecule has 0 radical (unpaired) electrons. The summed E-state index contributed by atoms with van der Waals surface area (Å²) in [6.07, 6.45) is 1.47. The number of aliphatic hydroxyl groups excluding tert-OH is 1. The first-order valence-electron chi connectivity index (χ1n) is 15.9. The first kappa shape index (κ1) is 42.2. The van der Waals surface area contributed by atoms with Gasteiger partial charge in [-0.25, -0.2) is 4.79 Å². The van der Waals surface area contributed by atoms with Gasteiger partial charge < -0.3 is 58.7 Å². The SMILES string of the molecule is CC(C)C[C@H](NC(=O)[C@H](CO)NC(=O)CNC(=O)CNC(=O)[C@@H](N)Cc1ccc(O)cc1)C(=O)N[C@@H](C)C(=O)N[C@@H](CCCCN)C(=O)O. The maximum atomic E-state index is 13.0. The van der Waals surface area contributed by atoms with Crippen LogP contribution in [0.3, 0.4) is 0 Å². The van der Waals surface area contributed by atoms with Crippen molar-refractivity contribution in [3.63, 3.8) is 0 Å². The zero-order chi connectivity index (χ0) is 37.1. The lowest BCUT2D eigenvalue weighted by Gasteiger charge is -2.25. The monoisotopic (exact) mass is 694 g/mol. The van der Waals surface area contributed by atoms with Crippen LogP contribution in [0.25, 0.3) is 0 Å². The van der Waals surface area contributed by atoms with Crippen LogP contribution >= 0.6 is 0 Å². The normalized spacial score (nSPS) is 13.9. The van der Waals surface area contributed by atoms with Gasteiger partial charge in [0.2, 0.25) is 35.4 Å². The molecule has 0 heterocycles. The van der Waals surface area contributed by atoms with Gasteiger partial charge in [-0.3, -0.25) is 28.8 Å². The second kappa shape index (κ2) is 21.9. The third-order valence-electron chi connectivity index (χ3n) is 7.09. The summed E-state index contributed by atoms with van der Waals surface area (Å²) in [5.74, 6) is -5.91. The number of phenolic OH excluding ortho intramolecular Hbond substituents is 1. The summed E-state index contributed by atoms with van der Waals surface area (Å²) in [4.78, 5) is 86.9. The number of carboxylic acids is 1. The second-order valence-corrected chi connectivity index (χ2v) is 11.9. The van der Waals surface area contributed by atoms with Gasteiger partial charge in [-0.15, -0.1) is 0 Å². The Bertz CT molecular complexity index is 1280. The third-order valence-corrected chi connectivity index (χ3v) is 7.09. The molecule has 6 amide bonds. The van der Waals surface area contributed by atoms with Crippen molar-refractivity contribution in [2.45, 2.75) is 83.1 Å². The molecule has 1 aromatic rings. The Labute approximate surface area is 284 Å². The fourth-order valence-corrected chi connectivity index (χ4v) is 4.36. The van der Waals surface area contributed by atoms with Gasteiger partial charge in [-0.2, -0.15) is 0 Å². The number of carbonyl (C=O) groups excluding carboxylic acids is 6. The molecule has 0 spiro atoms. The van der Waals surface area contributed by atoms with E-state index < -0.39 is 91.3 Å². The number of benzene rings is 1. The van der Waals surface area contributed by atoms with Crippen molar-refractivity contribution in [2.24, 2.45) is 17.4 Å². The van der Waals surface area contributed by atoms with E-state index in [0.29, 0.717) is 24.9 Å². The van der Waals surface area contributed by atoms with E-state index in [4.69, 9.17) is 11.5 Å². The number of nitrogens with one attached hydrogen (secondary N) is 6. The molecule has 0 unspecified atom stereocenters. The lowest BCUT2D eigenvalue weighted by Crippen LogP contribution is -2.58. The van der Waals surface area contributed by atoms with Crippen molar-refractivity contribution in [3.05, 3.63) is 29.8 Å². The number of aromatic hydroxyl groups is 1. The minimum atomic E-state index is -1.50. The quantitative estimate of drug-likeness (QED) is 0.0532. The average molecular weight is 695 g/mol. The highest BCUT2D eigenvalue weighted by atomic mass is 16.4. The Hall–Kier alpha value is -4.81. The Morgan fingerprint density at radius 2 is 1.33 bits per heavy atom. The number of hydrogen-bond acceptors (Lipinski definition) is 11. The average Bonchev–Trinajstić information content (AvgIpc) is 3.04. The number of aliphatic hydroxyl groups is 1. The van der Waals surface area contributed by atoms with Gasteiger partial charge in [-0.1, -0.05) is 26.0 Å². The largest absolute Gasteiger partial charge is 0.508 e. The summed E-state index contributed by atoms with van der Waals surface area (Å²) < 4.78 is 0. The van der Waals surface area contributed by atoms with E-state index in [1.807, 2.05) is 0 Å². The molecule has 0 aliphatic carbocycles. The van der Waals surface area contributed by atoms with Crippen LogP contribution in [0.1, 0.15) is 52.0 Å². The predicted octanol–water partition coefficient (Wildman–Crippen LogP) is -3.29. The maximum Gasteiger partial charge on any atom is 0.326 e. The van der Waals surface area contributed by atoms with Gasteiger partial charge in [0, 0.05) is 0 Å². The van der Waals surface area contributed by atoms with Crippen LogP contribution in [-0.2, 0) is 40.0 Å². The van der Waals surface area contributed by atoms with E-state index in [1.165, 1.54) is 19.1 Å². The number of phenols is 1. The summed E-state index contributed by atoms with van der Waals surface area (Å²) in [5, 5.41) is 42.6. The van der Waals surface area contributed by atoms with Gasteiger partial charge in [0.15, 0.2) is 0 Å². The molecular formula is C31H50N8O10. The van der Waals surface area contributed by atoms with E-state index >= 15 is 0 Å². The minimum absolute atomic E-state index is 0.0594. The van der Waals surface area contributed by atoms with Gasteiger partial charge in [-0.05, 0) is 69.2 Å². The molecule has 49 heavy (non-hydrogen) atoms. The molecule has 0 fully saturated rings. The molecule has 13 N–H and O–H groups in total. The number of aliphatic carboxylic acids is 1. The topological polar surface area (TPSA) is 304 Å². The number of amides is 6. The van der Waals surface area contributed by atoms with Gasteiger partial charge >= 0.3 is 5.97 Å². The Kier molecular flexibility index (Phi) is 18.9. The highest BCUT2D eigenvalue weighted by Crippen LogP contribution is 2.11.